The molecule has 0 unspecified atom stereocenters. The topological polar surface area (TPSA) is 134 Å². The van der Waals surface area contributed by atoms with Crippen molar-refractivity contribution in [3.8, 4) is 11.3 Å². The molecule has 0 saturated heterocycles. The van der Waals surface area contributed by atoms with Crippen molar-refractivity contribution in [2.24, 2.45) is 0 Å². The van der Waals surface area contributed by atoms with Crippen molar-refractivity contribution in [1.29, 1.82) is 0 Å². The van der Waals surface area contributed by atoms with E-state index >= 15 is 0 Å². The van der Waals surface area contributed by atoms with Gasteiger partial charge in [-0.1, -0.05) is 42.5 Å². The van der Waals surface area contributed by atoms with Crippen LogP contribution in [0.15, 0.2) is 97.2 Å². The maximum absolute atomic E-state index is 11.0. The second-order valence-corrected chi connectivity index (χ2v) is 9.94. The fourth-order valence-corrected chi connectivity index (χ4v) is 4.85. The highest BCUT2D eigenvalue weighted by Gasteiger charge is 2.20. The molecule has 0 bridgehead atoms. The summed E-state index contributed by atoms with van der Waals surface area (Å²) in [6, 6.07) is 27.8. The molecule has 6 rings (SSSR count). The minimum atomic E-state index is -0.394. The molecular weight excluding hydrogens is 550 g/mol. The van der Waals surface area contributed by atoms with Crippen molar-refractivity contribution in [3.05, 3.63) is 119 Å². The van der Waals surface area contributed by atoms with Gasteiger partial charge in [-0.15, -0.1) is 10.2 Å². The van der Waals surface area contributed by atoms with E-state index in [9.17, 15) is 10.1 Å². The van der Waals surface area contributed by atoms with Crippen molar-refractivity contribution >= 4 is 51.8 Å². The van der Waals surface area contributed by atoms with Crippen molar-refractivity contribution in [1.82, 2.24) is 20.2 Å². The number of nitrogens with zero attached hydrogens (tertiary/aromatic N) is 6. The van der Waals surface area contributed by atoms with E-state index in [2.05, 4.69) is 36.0 Å². The van der Waals surface area contributed by atoms with Crippen molar-refractivity contribution in [2.45, 2.75) is 13.0 Å². The average Bonchev–Trinajstić information content (AvgIpc) is 3.02. The third-order valence-corrected chi connectivity index (χ3v) is 6.96. The molecule has 0 atom stereocenters. The molecule has 42 heavy (non-hydrogen) atoms. The number of nitro benzene ring substituents is 1. The Morgan fingerprint density at radius 3 is 2.38 bits per heavy atom. The molecule has 0 aliphatic carbocycles. The maximum atomic E-state index is 11.0. The van der Waals surface area contributed by atoms with Gasteiger partial charge < -0.3 is 20.9 Å². The van der Waals surface area contributed by atoms with E-state index < -0.39 is 4.92 Å². The van der Waals surface area contributed by atoms with E-state index in [4.69, 9.17) is 17.2 Å². The molecule has 1 aliphatic rings. The van der Waals surface area contributed by atoms with Gasteiger partial charge in [-0.2, -0.15) is 0 Å². The summed E-state index contributed by atoms with van der Waals surface area (Å²) in [4.78, 5) is 22.0. The largest absolute Gasteiger partial charge is 0.367 e. The number of thiocarbonyl (C=S) groups is 1. The monoisotopic (exact) mass is 575 g/mol. The molecule has 0 amide bonds. The lowest BCUT2D eigenvalue weighted by molar-refractivity contribution is -0.384. The smallest absolute Gasteiger partial charge is 0.269 e. The summed E-state index contributed by atoms with van der Waals surface area (Å²) >= 11 is 5.53. The Morgan fingerprint density at radius 1 is 0.881 bits per heavy atom. The number of anilines is 5. The predicted octanol–water partition coefficient (Wildman–Crippen LogP) is 5.96. The second-order valence-electron chi connectivity index (χ2n) is 9.53. The van der Waals surface area contributed by atoms with Gasteiger partial charge in [0.05, 0.1) is 27.7 Å². The van der Waals surface area contributed by atoms with Crippen LogP contribution in [0.4, 0.5) is 34.5 Å². The summed E-state index contributed by atoms with van der Waals surface area (Å²) in [5.74, 6) is 1.01. The summed E-state index contributed by atoms with van der Waals surface area (Å²) in [7, 11) is 0. The number of rotatable bonds is 7. The van der Waals surface area contributed by atoms with Crippen LogP contribution in [-0.2, 0) is 13.0 Å². The zero-order valence-electron chi connectivity index (χ0n) is 22.3. The number of hydrogen-bond donors (Lipinski definition) is 3. The number of benzene rings is 3. The van der Waals surface area contributed by atoms with Crippen LogP contribution < -0.4 is 20.9 Å². The van der Waals surface area contributed by atoms with Gasteiger partial charge in [0.2, 0.25) is 5.95 Å². The van der Waals surface area contributed by atoms with Crippen LogP contribution in [0, 0.1) is 10.1 Å². The summed E-state index contributed by atoms with van der Waals surface area (Å²) in [5.41, 5.74) is 6.25. The van der Waals surface area contributed by atoms with E-state index in [0.29, 0.717) is 23.4 Å². The number of para-hydroxylation sites is 2. The van der Waals surface area contributed by atoms with Crippen LogP contribution in [-0.4, -0.2) is 36.7 Å². The maximum Gasteiger partial charge on any atom is 0.269 e. The van der Waals surface area contributed by atoms with Gasteiger partial charge in [-0.25, -0.2) is 9.97 Å². The van der Waals surface area contributed by atoms with Gasteiger partial charge in [-0.3, -0.25) is 10.1 Å². The van der Waals surface area contributed by atoms with Crippen LogP contribution in [0.2, 0.25) is 0 Å². The van der Waals surface area contributed by atoms with Crippen LogP contribution in [0.3, 0.4) is 0 Å². The lowest BCUT2D eigenvalue weighted by Gasteiger charge is -2.30. The van der Waals surface area contributed by atoms with Crippen LogP contribution in [0.5, 0.6) is 0 Å². The summed E-state index contributed by atoms with van der Waals surface area (Å²) in [5, 5.41) is 29.5. The first kappa shape index (κ1) is 26.7. The van der Waals surface area contributed by atoms with Crippen LogP contribution in [0.1, 0.15) is 11.3 Å². The number of hydrogen-bond acceptors (Lipinski definition) is 9. The van der Waals surface area contributed by atoms with E-state index in [0.717, 1.165) is 52.5 Å². The Bertz CT molecular complexity index is 1730. The lowest BCUT2D eigenvalue weighted by atomic mass is 10.1. The van der Waals surface area contributed by atoms with E-state index in [-0.39, 0.29) is 5.69 Å². The molecule has 0 saturated carbocycles. The van der Waals surface area contributed by atoms with Gasteiger partial charge in [0, 0.05) is 54.7 Å². The molecule has 3 heterocycles. The Morgan fingerprint density at radius 2 is 1.64 bits per heavy atom. The number of fused-ring (bicyclic) bond motifs is 1. The lowest BCUT2D eigenvalue weighted by Crippen LogP contribution is -2.31. The van der Waals surface area contributed by atoms with Crippen molar-refractivity contribution in [3.63, 3.8) is 0 Å². The van der Waals surface area contributed by atoms with Crippen LogP contribution >= 0.6 is 12.2 Å². The highest BCUT2D eigenvalue weighted by molar-refractivity contribution is 7.80. The van der Waals surface area contributed by atoms with E-state index in [1.165, 1.54) is 12.1 Å². The SMILES string of the molecule is O=[N+]([O-])c1ccc(N2CCc3nc(Nc4ccccc4NC(=S)Nc4ccc(-c5ccccc5)nn4)ncc3C2)cc1. The number of aromatic nitrogens is 4. The van der Waals surface area contributed by atoms with Gasteiger partial charge in [0.1, 0.15) is 0 Å². The van der Waals surface area contributed by atoms with Crippen molar-refractivity contribution < 1.29 is 4.92 Å². The summed E-state index contributed by atoms with van der Waals surface area (Å²) < 4.78 is 0. The average molecular weight is 576 g/mol. The first-order chi connectivity index (χ1) is 20.5. The molecule has 0 fully saturated rings. The Labute approximate surface area is 246 Å². The minimum Gasteiger partial charge on any atom is -0.367 e. The fourth-order valence-electron chi connectivity index (χ4n) is 4.64. The second kappa shape index (κ2) is 11.9. The number of non-ortho nitro benzene ring substituents is 1. The van der Waals surface area contributed by atoms with Gasteiger partial charge in [-0.05, 0) is 48.6 Å². The molecule has 0 spiro atoms. The quantitative estimate of drug-likeness (QED) is 0.121. The fraction of sp³-hybridized carbons (Fsp3) is 0.100. The number of nitro groups is 1. The van der Waals surface area contributed by atoms with Crippen LogP contribution in [0.25, 0.3) is 11.3 Å². The third kappa shape index (κ3) is 6.13. The highest BCUT2D eigenvalue weighted by atomic mass is 32.1. The molecule has 11 nitrogen and oxygen atoms in total. The van der Waals surface area contributed by atoms with E-state index in [1.807, 2.05) is 72.9 Å². The normalized spacial score (nSPS) is 12.2. The first-order valence-electron chi connectivity index (χ1n) is 13.2. The molecule has 3 N–H and O–H groups in total. The summed E-state index contributed by atoms with van der Waals surface area (Å²) in [6.07, 6.45) is 2.55. The highest BCUT2D eigenvalue weighted by Crippen LogP contribution is 2.28. The molecule has 2 aromatic heterocycles. The molecule has 5 aromatic rings. The minimum absolute atomic E-state index is 0.0766. The van der Waals surface area contributed by atoms with E-state index in [1.54, 1.807) is 12.1 Å². The molecule has 208 valence electrons. The van der Waals surface area contributed by atoms with Crippen molar-refractivity contribution in [2.75, 3.05) is 27.4 Å². The molecule has 0 radical (unpaired) electrons. The Balaban J connectivity index is 1.09. The van der Waals surface area contributed by atoms with Gasteiger partial charge >= 0.3 is 0 Å². The molecule has 12 heteroatoms. The standard InChI is InChI=1S/C30H25N9O2S/c40-39(41)23-12-10-22(11-13-23)38-17-16-24-21(19-38)18-31-29(32-24)33-26-8-4-5-9-27(26)34-30(42)35-28-15-14-25(36-37-28)20-6-2-1-3-7-20/h1-15,18H,16-17,19H2,(H,31,32,33)(H2,34,35,37,42). The summed E-state index contributed by atoms with van der Waals surface area (Å²) in [6.45, 7) is 1.37. The zero-order chi connectivity index (χ0) is 28.9. The first-order valence-corrected chi connectivity index (χ1v) is 13.6. The molecule has 3 aromatic carbocycles. The third-order valence-electron chi connectivity index (χ3n) is 6.76. The predicted molar refractivity (Wildman–Crippen MR) is 167 cm³/mol. The molecular formula is C30H25N9O2S. The Kier molecular flexibility index (Phi) is 7.60. The number of nitrogens with one attached hydrogen (secondary N) is 3. The molecule has 1 aliphatic heterocycles. The Hall–Kier alpha value is -5.49. The van der Waals surface area contributed by atoms with Gasteiger partial charge in [0.15, 0.2) is 10.9 Å². The zero-order valence-corrected chi connectivity index (χ0v) is 23.1. The van der Waals surface area contributed by atoms with Gasteiger partial charge in [0.25, 0.3) is 5.69 Å².